The Hall–Kier alpha value is -1.63. The van der Waals surface area contributed by atoms with Gasteiger partial charge in [-0.25, -0.2) is 0 Å². The van der Waals surface area contributed by atoms with E-state index in [9.17, 15) is 14.8 Å². The standard InChI is InChI=1S/C13H14BNO3S/c16-12(9-11-7-4-8-19-11)15-13(14(17)18)10-5-2-1-3-6-10/h1-8,13,17-18H,9H2,(H,15,16)/t13-/m0/s1. The van der Waals surface area contributed by atoms with Gasteiger partial charge in [0.15, 0.2) is 0 Å². The first-order valence-corrected chi connectivity index (χ1v) is 6.77. The fourth-order valence-corrected chi connectivity index (χ4v) is 2.49. The second-order valence-corrected chi connectivity index (χ2v) is 5.16. The van der Waals surface area contributed by atoms with E-state index in [2.05, 4.69) is 5.32 Å². The summed E-state index contributed by atoms with van der Waals surface area (Å²) in [4.78, 5) is 12.8. The minimum absolute atomic E-state index is 0.232. The van der Waals surface area contributed by atoms with Crippen LogP contribution in [0.5, 0.6) is 0 Å². The third-order valence-electron chi connectivity index (χ3n) is 2.69. The Bertz CT molecular complexity index is 516. The first-order chi connectivity index (χ1) is 9.16. The smallest absolute Gasteiger partial charge is 0.426 e. The van der Waals surface area contributed by atoms with Crippen LogP contribution in [0.25, 0.3) is 0 Å². The molecule has 0 saturated heterocycles. The van der Waals surface area contributed by atoms with E-state index in [-0.39, 0.29) is 12.3 Å². The maximum atomic E-state index is 11.9. The molecule has 19 heavy (non-hydrogen) atoms. The van der Waals surface area contributed by atoms with Gasteiger partial charge < -0.3 is 15.4 Å². The zero-order chi connectivity index (χ0) is 13.7. The van der Waals surface area contributed by atoms with Crippen LogP contribution in [0, 0.1) is 0 Å². The van der Waals surface area contributed by atoms with Crippen molar-refractivity contribution in [1.82, 2.24) is 5.32 Å². The van der Waals surface area contributed by atoms with Crippen molar-refractivity contribution in [2.24, 2.45) is 0 Å². The molecule has 0 spiro atoms. The van der Waals surface area contributed by atoms with Crippen molar-refractivity contribution in [3.63, 3.8) is 0 Å². The fraction of sp³-hybridized carbons (Fsp3) is 0.154. The summed E-state index contributed by atoms with van der Waals surface area (Å²) < 4.78 is 0. The normalized spacial score (nSPS) is 11.9. The second kappa shape index (κ2) is 6.52. The van der Waals surface area contributed by atoms with Crippen LogP contribution in [0.2, 0.25) is 0 Å². The van der Waals surface area contributed by atoms with Crippen molar-refractivity contribution in [2.75, 3.05) is 0 Å². The number of carbonyl (C=O) groups is 1. The van der Waals surface area contributed by atoms with Gasteiger partial charge in [0, 0.05) is 4.88 Å². The number of amides is 1. The van der Waals surface area contributed by atoms with Crippen LogP contribution in [0.1, 0.15) is 16.4 Å². The molecule has 0 radical (unpaired) electrons. The summed E-state index contributed by atoms with van der Waals surface area (Å²) in [5.41, 5.74) is 0.664. The lowest BCUT2D eigenvalue weighted by Crippen LogP contribution is -2.39. The zero-order valence-corrected chi connectivity index (χ0v) is 11.0. The van der Waals surface area contributed by atoms with Gasteiger partial charge in [-0.1, -0.05) is 36.4 Å². The number of hydrogen-bond acceptors (Lipinski definition) is 4. The Balaban J connectivity index is 2.03. The highest BCUT2D eigenvalue weighted by Crippen LogP contribution is 2.15. The molecule has 4 nitrogen and oxygen atoms in total. The maximum absolute atomic E-state index is 11.9. The number of benzene rings is 1. The third-order valence-corrected chi connectivity index (χ3v) is 3.56. The first-order valence-electron chi connectivity index (χ1n) is 5.89. The average molecular weight is 275 g/mol. The summed E-state index contributed by atoms with van der Waals surface area (Å²) >= 11 is 1.50. The van der Waals surface area contributed by atoms with Crippen LogP contribution in [-0.4, -0.2) is 23.1 Å². The molecular formula is C13H14BNO3S. The van der Waals surface area contributed by atoms with Crippen LogP contribution in [0.3, 0.4) is 0 Å². The lowest BCUT2D eigenvalue weighted by Gasteiger charge is -2.18. The average Bonchev–Trinajstić information content (AvgIpc) is 2.89. The highest BCUT2D eigenvalue weighted by atomic mass is 32.1. The molecule has 98 valence electrons. The highest BCUT2D eigenvalue weighted by molar-refractivity contribution is 7.10. The van der Waals surface area contributed by atoms with Crippen molar-refractivity contribution in [3.05, 3.63) is 58.3 Å². The highest BCUT2D eigenvalue weighted by Gasteiger charge is 2.26. The molecule has 0 bridgehead atoms. The van der Waals surface area contributed by atoms with E-state index in [0.717, 1.165) is 4.88 Å². The van der Waals surface area contributed by atoms with Gasteiger partial charge in [0.25, 0.3) is 0 Å². The van der Waals surface area contributed by atoms with E-state index in [1.54, 1.807) is 24.3 Å². The van der Waals surface area contributed by atoms with E-state index in [4.69, 9.17) is 0 Å². The van der Waals surface area contributed by atoms with Crippen molar-refractivity contribution in [1.29, 1.82) is 0 Å². The fourth-order valence-electron chi connectivity index (χ4n) is 1.79. The molecule has 1 aromatic heterocycles. The Morgan fingerprint density at radius 2 is 1.95 bits per heavy atom. The molecule has 6 heteroatoms. The van der Waals surface area contributed by atoms with Crippen LogP contribution in [0.4, 0.5) is 0 Å². The minimum atomic E-state index is -1.63. The zero-order valence-electron chi connectivity index (χ0n) is 10.2. The van der Waals surface area contributed by atoms with E-state index < -0.39 is 13.1 Å². The molecular weight excluding hydrogens is 261 g/mol. The molecule has 0 aliphatic rings. The summed E-state index contributed by atoms with van der Waals surface area (Å²) in [6.07, 6.45) is 0.244. The molecule has 3 N–H and O–H groups in total. The van der Waals surface area contributed by atoms with Crippen LogP contribution < -0.4 is 5.32 Å². The summed E-state index contributed by atoms with van der Waals surface area (Å²) in [5.74, 6) is -1.04. The van der Waals surface area contributed by atoms with Gasteiger partial charge in [-0.3, -0.25) is 4.79 Å². The van der Waals surface area contributed by atoms with E-state index in [1.165, 1.54) is 11.3 Å². The van der Waals surface area contributed by atoms with Gasteiger partial charge in [0.1, 0.15) is 0 Å². The Labute approximate surface area is 115 Å². The SMILES string of the molecule is O=C(Cc1cccs1)N[C@H](B(O)O)c1ccccc1. The molecule has 1 amide bonds. The summed E-state index contributed by atoms with van der Waals surface area (Å²) in [5, 5.41) is 23.3. The van der Waals surface area contributed by atoms with E-state index in [1.807, 2.05) is 23.6 Å². The number of rotatable bonds is 5. The van der Waals surface area contributed by atoms with Crippen LogP contribution in [0.15, 0.2) is 47.8 Å². The Morgan fingerprint density at radius 3 is 2.53 bits per heavy atom. The molecule has 1 heterocycles. The van der Waals surface area contributed by atoms with E-state index >= 15 is 0 Å². The van der Waals surface area contributed by atoms with Gasteiger partial charge in [0.05, 0.1) is 12.4 Å². The number of hydrogen-bond donors (Lipinski definition) is 3. The largest absolute Gasteiger partial charge is 0.480 e. The quantitative estimate of drug-likeness (QED) is 0.717. The second-order valence-electron chi connectivity index (χ2n) is 4.13. The van der Waals surface area contributed by atoms with Gasteiger partial charge in [-0.2, -0.15) is 0 Å². The monoisotopic (exact) mass is 275 g/mol. The molecule has 0 aliphatic heterocycles. The minimum Gasteiger partial charge on any atom is -0.426 e. The molecule has 0 fully saturated rings. The summed E-state index contributed by atoms with van der Waals surface area (Å²) in [6.45, 7) is 0. The molecule has 0 unspecified atom stereocenters. The Morgan fingerprint density at radius 1 is 1.21 bits per heavy atom. The molecule has 1 atom stereocenters. The van der Waals surface area contributed by atoms with E-state index in [0.29, 0.717) is 5.56 Å². The predicted molar refractivity (Wildman–Crippen MR) is 75.5 cm³/mol. The molecule has 2 rings (SSSR count). The number of carbonyl (C=O) groups excluding carboxylic acids is 1. The lowest BCUT2D eigenvalue weighted by molar-refractivity contribution is -0.120. The van der Waals surface area contributed by atoms with Gasteiger partial charge in [-0.15, -0.1) is 11.3 Å². The first kappa shape index (κ1) is 13.8. The molecule has 0 saturated carbocycles. The number of thiophene rings is 1. The van der Waals surface area contributed by atoms with Gasteiger partial charge in [0.2, 0.25) is 5.91 Å². The molecule has 1 aromatic carbocycles. The number of nitrogens with one attached hydrogen (secondary N) is 1. The summed E-state index contributed by atoms with van der Waals surface area (Å²) in [6, 6.07) is 12.6. The lowest BCUT2D eigenvalue weighted by atomic mass is 9.75. The van der Waals surface area contributed by atoms with Crippen molar-refractivity contribution < 1.29 is 14.8 Å². The third kappa shape index (κ3) is 3.92. The molecule has 2 aromatic rings. The summed E-state index contributed by atoms with van der Waals surface area (Å²) in [7, 11) is -1.63. The van der Waals surface area contributed by atoms with Crippen LogP contribution >= 0.6 is 11.3 Å². The molecule has 0 aliphatic carbocycles. The van der Waals surface area contributed by atoms with Crippen LogP contribution in [-0.2, 0) is 11.2 Å². The van der Waals surface area contributed by atoms with Crippen molar-refractivity contribution in [3.8, 4) is 0 Å². The topological polar surface area (TPSA) is 69.6 Å². The van der Waals surface area contributed by atoms with Crippen molar-refractivity contribution in [2.45, 2.75) is 12.4 Å². The predicted octanol–water partition coefficient (Wildman–Crippen LogP) is 1.16. The van der Waals surface area contributed by atoms with Gasteiger partial charge in [-0.05, 0) is 17.0 Å². The van der Waals surface area contributed by atoms with Gasteiger partial charge >= 0.3 is 7.12 Å². The Kier molecular flexibility index (Phi) is 4.73. The maximum Gasteiger partial charge on any atom is 0.480 e. The van der Waals surface area contributed by atoms with Crippen molar-refractivity contribution >= 4 is 24.4 Å².